The molecular weight excluding hydrogens is 332 g/mol. The molecule has 132 valence electrons. The monoisotopic (exact) mass is 350 g/mol. The molecule has 0 bridgehead atoms. The van der Waals surface area contributed by atoms with E-state index in [9.17, 15) is 9.59 Å². The van der Waals surface area contributed by atoms with Crippen LogP contribution in [0.2, 0.25) is 0 Å². The van der Waals surface area contributed by atoms with Gasteiger partial charge in [-0.25, -0.2) is 4.68 Å². The van der Waals surface area contributed by atoms with Gasteiger partial charge >= 0.3 is 0 Å². The lowest BCUT2D eigenvalue weighted by Gasteiger charge is -2.08. The molecule has 1 amide bonds. The Balaban J connectivity index is 1.71. The first-order valence-corrected chi connectivity index (χ1v) is 8.30. The van der Waals surface area contributed by atoms with Crippen LogP contribution in [-0.4, -0.2) is 20.3 Å². The van der Waals surface area contributed by atoms with E-state index in [1.165, 1.54) is 4.68 Å². The predicted molar refractivity (Wildman–Crippen MR) is 97.8 cm³/mol. The lowest BCUT2D eigenvalue weighted by atomic mass is 10.2. The van der Waals surface area contributed by atoms with Crippen LogP contribution in [0.1, 0.15) is 11.5 Å². The first kappa shape index (κ1) is 16.1. The van der Waals surface area contributed by atoms with Gasteiger partial charge in [0.25, 0.3) is 5.56 Å². The zero-order chi connectivity index (χ0) is 18.3. The minimum Gasteiger partial charge on any atom is -0.465 e. The Labute approximate surface area is 148 Å². The Morgan fingerprint density at radius 1 is 1.19 bits per heavy atom. The Bertz CT molecular complexity index is 1180. The van der Waals surface area contributed by atoms with Crippen molar-refractivity contribution in [1.29, 1.82) is 0 Å². The molecule has 0 unspecified atom stereocenters. The number of amides is 1. The Hall–Kier alpha value is -3.35. The molecule has 3 heterocycles. The fraction of sp³-hybridized carbons (Fsp3) is 0.211. The Morgan fingerprint density at radius 2 is 2.00 bits per heavy atom. The number of aromatic nitrogens is 3. The standard InChI is InChI=1S/C19H18N4O3/c1-12-7-8-13(26-12)9-20-17(24)11-23-16-6-4-3-5-14(16)15-10-21-22(2)19(25)18(15)23/h3-8,10H,9,11H2,1-2H3,(H,20,24). The lowest BCUT2D eigenvalue weighted by Crippen LogP contribution is -2.28. The number of hydrogen-bond acceptors (Lipinski definition) is 4. The van der Waals surface area contributed by atoms with Crippen LogP contribution in [0.5, 0.6) is 0 Å². The molecule has 3 aromatic heterocycles. The molecule has 0 radical (unpaired) electrons. The third-order valence-corrected chi connectivity index (χ3v) is 4.42. The molecule has 4 aromatic rings. The average molecular weight is 350 g/mol. The van der Waals surface area contributed by atoms with Gasteiger partial charge in [-0.2, -0.15) is 5.10 Å². The summed E-state index contributed by atoms with van der Waals surface area (Å²) in [6.07, 6.45) is 1.67. The highest BCUT2D eigenvalue weighted by atomic mass is 16.3. The van der Waals surface area contributed by atoms with Crippen molar-refractivity contribution in [3.8, 4) is 0 Å². The molecule has 0 atom stereocenters. The number of nitrogens with one attached hydrogen (secondary N) is 1. The number of para-hydroxylation sites is 1. The SMILES string of the molecule is Cc1ccc(CNC(=O)Cn2c3ccccc3c3cnn(C)c(=O)c32)o1. The summed E-state index contributed by atoms with van der Waals surface area (Å²) in [5.74, 6) is 1.30. The normalized spacial score (nSPS) is 11.3. The second-order valence-electron chi connectivity index (χ2n) is 6.23. The minimum absolute atomic E-state index is 0.0446. The summed E-state index contributed by atoms with van der Waals surface area (Å²) in [5, 5.41) is 8.59. The molecule has 0 saturated heterocycles. The van der Waals surface area contributed by atoms with Crippen molar-refractivity contribution in [1.82, 2.24) is 19.7 Å². The molecule has 1 N–H and O–H groups in total. The second-order valence-corrected chi connectivity index (χ2v) is 6.23. The number of fused-ring (bicyclic) bond motifs is 3. The first-order valence-electron chi connectivity index (χ1n) is 8.30. The first-order chi connectivity index (χ1) is 12.5. The van der Waals surface area contributed by atoms with Crippen molar-refractivity contribution < 1.29 is 9.21 Å². The van der Waals surface area contributed by atoms with Crippen molar-refractivity contribution in [2.45, 2.75) is 20.0 Å². The molecular formula is C19H18N4O3. The maximum absolute atomic E-state index is 12.6. The maximum atomic E-state index is 12.6. The quantitative estimate of drug-likeness (QED) is 0.611. The van der Waals surface area contributed by atoms with E-state index in [-0.39, 0.29) is 18.0 Å². The summed E-state index contributed by atoms with van der Waals surface area (Å²) in [6, 6.07) is 11.3. The highest BCUT2D eigenvalue weighted by molar-refractivity contribution is 6.07. The molecule has 1 aromatic carbocycles. The van der Waals surface area contributed by atoms with Crippen LogP contribution < -0.4 is 10.9 Å². The molecule has 0 aliphatic carbocycles. The summed E-state index contributed by atoms with van der Waals surface area (Å²) < 4.78 is 8.49. The van der Waals surface area contributed by atoms with Gasteiger partial charge in [-0.05, 0) is 25.1 Å². The highest BCUT2D eigenvalue weighted by Crippen LogP contribution is 2.25. The van der Waals surface area contributed by atoms with Gasteiger partial charge in [0.15, 0.2) is 0 Å². The van der Waals surface area contributed by atoms with Crippen molar-refractivity contribution >= 4 is 27.7 Å². The van der Waals surface area contributed by atoms with Gasteiger partial charge in [0.05, 0.1) is 12.7 Å². The average Bonchev–Trinajstić information content (AvgIpc) is 3.19. The number of carbonyl (C=O) groups is 1. The number of hydrogen-bond donors (Lipinski definition) is 1. The van der Waals surface area contributed by atoms with Crippen LogP contribution in [0.3, 0.4) is 0 Å². The number of furan rings is 1. The molecule has 0 saturated carbocycles. The Kier molecular flexibility index (Phi) is 3.84. The topological polar surface area (TPSA) is 82.1 Å². The number of benzene rings is 1. The van der Waals surface area contributed by atoms with E-state index in [2.05, 4.69) is 10.4 Å². The molecule has 0 aliphatic rings. The number of carbonyl (C=O) groups excluding carboxylic acids is 1. The Morgan fingerprint density at radius 3 is 2.77 bits per heavy atom. The molecule has 7 heteroatoms. The van der Waals surface area contributed by atoms with Crippen LogP contribution in [0.4, 0.5) is 0 Å². The predicted octanol–water partition coefficient (Wildman–Crippen LogP) is 2.11. The zero-order valence-corrected chi connectivity index (χ0v) is 14.5. The van der Waals surface area contributed by atoms with Gasteiger partial charge in [-0.3, -0.25) is 9.59 Å². The van der Waals surface area contributed by atoms with Gasteiger partial charge in [0.2, 0.25) is 5.91 Å². The van der Waals surface area contributed by atoms with Crippen LogP contribution in [-0.2, 0) is 24.9 Å². The van der Waals surface area contributed by atoms with Crippen LogP contribution in [0.15, 0.2) is 51.8 Å². The summed E-state index contributed by atoms with van der Waals surface area (Å²) in [7, 11) is 1.60. The number of rotatable bonds is 4. The third kappa shape index (κ3) is 2.67. The smallest absolute Gasteiger partial charge is 0.291 e. The molecule has 0 aliphatic heterocycles. The summed E-state index contributed by atoms with van der Waals surface area (Å²) in [5.41, 5.74) is 1.08. The van der Waals surface area contributed by atoms with Gasteiger partial charge in [0, 0.05) is 23.3 Å². The molecule has 0 spiro atoms. The van der Waals surface area contributed by atoms with E-state index in [4.69, 9.17) is 4.42 Å². The van der Waals surface area contributed by atoms with Crippen LogP contribution >= 0.6 is 0 Å². The van der Waals surface area contributed by atoms with Crippen molar-refractivity contribution in [2.24, 2.45) is 7.05 Å². The molecule has 0 fully saturated rings. The number of aryl methyl sites for hydroxylation is 2. The fourth-order valence-corrected chi connectivity index (χ4v) is 3.17. The zero-order valence-electron chi connectivity index (χ0n) is 14.5. The van der Waals surface area contributed by atoms with Crippen LogP contribution in [0, 0.1) is 6.92 Å². The van der Waals surface area contributed by atoms with Crippen molar-refractivity contribution in [2.75, 3.05) is 0 Å². The van der Waals surface area contributed by atoms with Crippen molar-refractivity contribution in [3.63, 3.8) is 0 Å². The van der Waals surface area contributed by atoms with E-state index in [0.29, 0.717) is 17.8 Å². The molecule has 7 nitrogen and oxygen atoms in total. The minimum atomic E-state index is -0.229. The third-order valence-electron chi connectivity index (χ3n) is 4.42. The summed E-state index contributed by atoms with van der Waals surface area (Å²) in [4.78, 5) is 25.1. The number of nitrogens with zero attached hydrogens (tertiary/aromatic N) is 3. The van der Waals surface area contributed by atoms with Gasteiger partial charge < -0.3 is 14.3 Å². The summed E-state index contributed by atoms with van der Waals surface area (Å²) in [6.45, 7) is 2.21. The van der Waals surface area contributed by atoms with Gasteiger partial charge in [-0.15, -0.1) is 0 Å². The maximum Gasteiger partial charge on any atom is 0.291 e. The van der Waals surface area contributed by atoms with Gasteiger partial charge in [-0.1, -0.05) is 18.2 Å². The molecule has 26 heavy (non-hydrogen) atoms. The summed E-state index contributed by atoms with van der Waals surface area (Å²) >= 11 is 0. The van der Waals surface area contributed by atoms with Crippen molar-refractivity contribution in [3.05, 3.63) is 64.5 Å². The fourth-order valence-electron chi connectivity index (χ4n) is 3.17. The van der Waals surface area contributed by atoms with Crippen LogP contribution in [0.25, 0.3) is 21.8 Å². The molecule has 4 rings (SSSR count). The van der Waals surface area contributed by atoms with E-state index in [0.717, 1.165) is 22.0 Å². The largest absolute Gasteiger partial charge is 0.465 e. The van der Waals surface area contributed by atoms with Gasteiger partial charge in [0.1, 0.15) is 23.6 Å². The second kappa shape index (κ2) is 6.18. The van der Waals surface area contributed by atoms with E-state index >= 15 is 0 Å². The van der Waals surface area contributed by atoms with E-state index in [1.807, 2.05) is 43.3 Å². The lowest BCUT2D eigenvalue weighted by molar-refractivity contribution is -0.121. The van der Waals surface area contributed by atoms with E-state index < -0.39 is 0 Å². The highest BCUT2D eigenvalue weighted by Gasteiger charge is 2.17. The van der Waals surface area contributed by atoms with E-state index in [1.54, 1.807) is 17.8 Å².